The highest BCUT2D eigenvalue weighted by Crippen LogP contribution is 2.20. The Balaban J connectivity index is 1.48. The number of aryl methyl sites for hydroxylation is 1. The van der Waals surface area contributed by atoms with E-state index in [9.17, 15) is 9.59 Å². The number of amides is 1. The first-order valence-corrected chi connectivity index (χ1v) is 12.8. The lowest BCUT2D eigenvalue weighted by atomic mass is 10.0. The van der Waals surface area contributed by atoms with Crippen molar-refractivity contribution < 1.29 is 19.1 Å². The van der Waals surface area contributed by atoms with Crippen LogP contribution in [0, 0.1) is 0 Å². The van der Waals surface area contributed by atoms with E-state index in [0.717, 1.165) is 50.1 Å². The van der Waals surface area contributed by atoms with E-state index in [1.807, 2.05) is 25.1 Å². The van der Waals surface area contributed by atoms with Crippen LogP contribution in [-0.4, -0.2) is 37.2 Å². The highest BCUT2D eigenvalue weighted by molar-refractivity contribution is 7.14. The van der Waals surface area contributed by atoms with Crippen LogP contribution < -0.4 is 10.6 Å². The van der Waals surface area contributed by atoms with Crippen LogP contribution in [0.5, 0.6) is 0 Å². The SMILES string of the molecule is CCOCCCCCc1ccccc1NCc1ccc(C(=O)Nc2nc(CC(=O)OC)cs2)cc1. The average Bonchev–Trinajstić information content (AvgIpc) is 3.32. The number of methoxy groups -OCH3 is 1. The molecule has 3 rings (SSSR count). The standard InChI is InChI=1S/C27H33N3O4S/c1-3-34-16-8-4-5-9-21-10-6-7-11-24(21)28-18-20-12-14-22(15-13-20)26(32)30-27-29-23(19-35-27)17-25(31)33-2/h6-7,10-15,19,28H,3-5,8-9,16-18H2,1-2H3,(H,29,30,32). The predicted molar refractivity (Wildman–Crippen MR) is 140 cm³/mol. The lowest BCUT2D eigenvalue weighted by Gasteiger charge is -2.12. The number of esters is 1. The molecular weight excluding hydrogens is 462 g/mol. The zero-order valence-corrected chi connectivity index (χ0v) is 21.2. The zero-order chi connectivity index (χ0) is 24.9. The number of hydrogen-bond donors (Lipinski definition) is 2. The molecule has 3 aromatic rings. The number of nitrogens with zero attached hydrogens (tertiary/aromatic N) is 1. The van der Waals surface area contributed by atoms with Gasteiger partial charge < -0.3 is 14.8 Å². The number of anilines is 2. The van der Waals surface area contributed by atoms with Gasteiger partial charge in [0, 0.05) is 36.4 Å². The maximum Gasteiger partial charge on any atom is 0.311 e. The number of aromatic nitrogens is 1. The van der Waals surface area contributed by atoms with Gasteiger partial charge in [-0.15, -0.1) is 11.3 Å². The Labute approximate surface area is 210 Å². The highest BCUT2D eigenvalue weighted by Gasteiger charge is 2.11. The largest absolute Gasteiger partial charge is 0.469 e. The summed E-state index contributed by atoms with van der Waals surface area (Å²) in [5.41, 5.74) is 4.67. The van der Waals surface area contributed by atoms with Gasteiger partial charge in [0.05, 0.1) is 19.2 Å². The van der Waals surface area contributed by atoms with Crippen LogP contribution in [-0.2, 0) is 33.7 Å². The number of hydrogen-bond acceptors (Lipinski definition) is 7. The lowest BCUT2D eigenvalue weighted by molar-refractivity contribution is -0.139. The molecule has 0 atom stereocenters. The fourth-order valence-corrected chi connectivity index (χ4v) is 4.26. The minimum absolute atomic E-state index is 0.0849. The van der Waals surface area contributed by atoms with E-state index in [1.165, 1.54) is 24.0 Å². The summed E-state index contributed by atoms with van der Waals surface area (Å²) < 4.78 is 10.1. The monoisotopic (exact) mass is 495 g/mol. The molecule has 0 saturated carbocycles. The first-order valence-electron chi connectivity index (χ1n) is 11.9. The molecular formula is C27H33N3O4S. The van der Waals surface area contributed by atoms with Gasteiger partial charge in [-0.3, -0.25) is 14.9 Å². The normalized spacial score (nSPS) is 10.7. The van der Waals surface area contributed by atoms with E-state index in [4.69, 9.17) is 4.74 Å². The molecule has 7 nitrogen and oxygen atoms in total. The maximum atomic E-state index is 12.6. The fraction of sp³-hybridized carbons (Fsp3) is 0.370. The molecule has 0 aliphatic heterocycles. The summed E-state index contributed by atoms with van der Waals surface area (Å²) in [7, 11) is 1.34. The van der Waals surface area contributed by atoms with E-state index >= 15 is 0 Å². The summed E-state index contributed by atoms with van der Waals surface area (Å²) in [6.45, 7) is 4.32. The number of benzene rings is 2. The lowest BCUT2D eigenvalue weighted by Crippen LogP contribution is -2.12. The average molecular weight is 496 g/mol. The Hall–Kier alpha value is -3.23. The van der Waals surface area contributed by atoms with Crippen LogP contribution in [0.15, 0.2) is 53.9 Å². The van der Waals surface area contributed by atoms with E-state index < -0.39 is 0 Å². The molecule has 35 heavy (non-hydrogen) atoms. The number of rotatable bonds is 14. The van der Waals surface area contributed by atoms with Gasteiger partial charge in [-0.25, -0.2) is 4.98 Å². The van der Waals surface area contributed by atoms with Crippen LogP contribution >= 0.6 is 11.3 Å². The Morgan fingerprint density at radius 2 is 1.83 bits per heavy atom. The molecule has 0 fully saturated rings. The van der Waals surface area contributed by atoms with Crippen molar-refractivity contribution in [3.8, 4) is 0 Å². The maximum absolute atomic E-state index is 12.6. The van der Waals surface area contributed by atoms with Crippen LogP contribution in [0.4, 0.5) is 10.8 Å². The van der Waals surface area contributed by atoms with Crippen LogP contribution in [0.1, 0.15) is 53.4 Å². The molecule has 0 bridgehead atoms. The second kappa shape index (κ2) is 14.2. The molecule has 2 N–H and O–H groups in total. The molecule has 2 aromatic carbocycles. The fourth-order valence-electron chi connectivity index (χ4n) is 3.56. The number of thiazole rings is 1. The number of nitrogens with one attached hydrogen (secondary N) is 2. The van der Waals surface area contributed by atoms with Crippen LogP contribution in [0.3, 0.4) is 0 Å². The summed E-state index contributed by atoms with van der Waals surface area (Å²) in [6, 6.07) is 15.9. The van der Waals surface area contributed by atoms with E-state index in [1.54, 1.807) is 17.5 Å². The van der Waals surface area contributed by atoms with E-state index in [0.29, 0.717) is 22.9 Å². The molecule has 0 aliphatic carbocycles. The van der Waals surface area contributed by atoms with Gasteiger partial charge in [-0.2, -0.15) is 0 Å². The van der Waals surface area contributed by atoms with Crippen LogP contribution in [0.25, 0.3) is 0 Å². The van der Waals surface area contributed by atoms with Gasteiger partial charge in [0.2, 0.25) is 0 Å². The summed E-state index contributed by atoms with van der Waals surface area (Å²) in [5.74, 6) is -0.601. The van der Waals surface area contributed by atoms with E-state index in [-0.39, 0.29) is 18.3 Å². The van der Waals surface area contributed by atoms with Crippen molar-refractivity contribution in [2.75, 3.05) is 31.0 Å². The number of carbonyl (C=O) groups excluding carboxylic acids is 2. The highest BCUT2D eigenvalue weighted by atomic mass is 32.1. The van der Waals surface area contributed by atoms with Crippen molar-refractivity contribution >= 4 is 34.0 Å². The second-order valence-electron chi connectivity index (χ2n) is 8.07. The molecule has 0 unspecified atom stereocenters. The van der Waals surface area contributed by atoms with Gasteiger partial charge >= 0.3 is 5.97 Å². The second-order valence-corrected chi connectivity index (χ2v) is 8.92. The molecule has 0 saturated heterocycles. The predicted octanol–water partition coefficient (Wildman–Crippen LogP) is 5.47. The summed E-state index contributed by atoms with van der Waals surface area (Å²) in [6.07, 6.45) is 4.51. The van der Waals surface area contributed by atoms with Crippen molar-refractivity contribution in [2.45, 2.75) is 45.6 Å². The Morgan fingerprint density at radius 3 is 2.60 bits per heavy atom. The molecule has 1 aromatic heterocycles. The van der Waals surface area contributed by atoms with Gasteiger partial charge in [0.25, 0.3) is 5.91 Å². The smallest absolute Gasteiger partial charge is 0.311 e. The topological polar surface area (TPSA) is 89.5 Å². The summed E-state index contributed by atoms with van der Waals surface area (Å²) in [5, 5.41) is 8.50. The van der Waals surface area contributed by atoms with Gasteiger partial charge in [0.1, 0.15) is 0 Å². The third-order valence-corrected chi connectivity index (χ3v) is 6.29. The molecule has 1 amide bonds. The minimum atomic E-state index is -0.363. The number of unbranched alkanes of at least 4 members (excludes halogenated alkanes) is 2. The first kappa shape index (κ1) is 26.4. The van der Waals surface area contributed by atoms with Gasteiger partial charge in [0.15, 0.2) is 5.13 Å². The quantitative estimate of drug-likeness (QED) is 0.228. The third kappa shape index (κ3) is 8.81. The van der Waals surface area contributed by atoms with Crippen molar-refractivity contribution in [3.63, 3.8) is 0 Å². The molecule has 8 heteroatoms. The third-order valence-electron chi connectivity index (χ3n) is 5.48. The van der Waals surface area contributed by atoms with Crippen LogP contribution in [0.2, 0.25) is 0 Å². The molecule has 0 aliphatic rings. The molecule has 186 valence electrons. The van der Waals surface area contributed by atoms with E-state index in [2.05, 4.69) is 38.6 Å². The summed E-state index contributed by atoms with van der Waals surface area (Å²) in [4.78, 5) is 28.2. The van der Waals surface area contributed by atoms with Crippen molar-refractivity contribution in [1.82, 2.24) is 4.98 Å². The Morgan fingerprint density at radius 1 is 1.03 bits per heavy atom. The number of carbonyl (C=O) groups is 2. The molecule has 0 spiro atoms. The number of ether oxygens (including phenoxy) is 2. The van der Waals surface area contributed by atoms with Gasteiger partial charge in [-0.1, -0.05) is 36.8 Å². The summed E-state index contributed by atoms with van der Waals surface area (Å²) >= 11 is 1.28. The Kier molecular flexibility index (Phi) is 10.7. The number of para-hydroxylation sites is 1. The van der Waals surface area contributed by atoms with Crippen molar-refractivity contribution in [1.29, 1.82) is 0 Å². The van der Waals surface area contributed by atoms with Crippen molar-refractivity contribution in [2.24, 2.45) is 0 Å². The minimum Gasteiger partial charge on any atom is -0.469 e. The first-order chi connectivity index (χ1) is 17.1. The Bertz CT molecular complexity index is 1080. The molecule has 1 heterocycles. The molecule has 0 radical (unpaired) electrons. The zero-order valence-electron chi connectivity index (χ0n) is 20.3. The van der Waals surface area contributed by atoms with Crippen molar-refractivity contribution in [3.05, 3.63) is 76.3 Å². The van der Waals surface area contributed by atoms with Gasteiger partial charge in [-0.05, 0) is 55.5 Å².